The predicted octanol–water partition coefficient (Wildman–Crippen LogP) is 3.51. The van der Waals surface area contributed by atoms with E-state index in [9.17, 15) is 0 Å². The predicted molar refractivity (Wildman–Crippen MR) is 90.3 cm³/mol. The summed E-state index contributed by atoms with van der Waals surface area (Å²) in [7, 11) is 0. The van der Waals surface area contributed by atoms with Crippen molar-refractivity contribution in [3.63, 3.8) is 0 Å². The number of benzene rings is 1. The van der Waals surface area contributed by atoms with Gasteiger partial charge in [0.15, 0.2) is 0 Å². The van der Waals surface area contributed by atoms with Crippen LogP contribution in [0.25, 0.3) is 6.08 Å². The Kier molecular flexibility index (Phi) is 5.10. The molecule has 0 aromatic heterocycles. The molecule has 1 saturated carbocycles. The van der Waals surface area contributed by atoms with Crippen LogP contribution in [0.1, 0.15) is 31.7 Å². The van der Waals surface area contributed by atoms with E-state index < -0.39 is 0 Å². The van der Waals surface area contributed by atoms with Crippen LogP contribution in [0.15, 0.2) is 36.4 Å². The summed E-state index contributed by atoms with van der Waals surface area (Å²) in [5.74, 6) is 0.946. The van der Waals surface area contributed by atoms with Gasteiger partial charge in [0.05, 0.1) is 0 Å². The number of hydrogen-bond acceptors (Lipinski definition) is 2. The van der Waals surface area contributed by atoms with Gasteiger partial charge >= 0.3 is 0 Å². The van der Waals surface area contributed by atoms with Crippen molar-refractivity contribution < 1.29 is 0 Å². The molecular weight excluding hydrogens is 256 g/mol. The van der Waals surface area contributed by atoms with Crippen LogP contribution in [-0.4, -0.2) is 48.6 Å². The zero-order valence-corrected chi connectivity index (χ0v) is 13.2. The van der Waals surface area contributed by atoms with Crippen LogP contribution in [0.5, 0.6) is 0 Å². The fraction of sp³-hybridized carbons (Fsp3) is 0.579. The van der Waals surface area contributed by atoms with Gasteiger partial charge in [-0.2, -0.15) is 0 Å². The molecule has 2 heteroatoms. The quantitative estimate of drug-likeness (QED) is 0.835. The fourth-order valence-electron chi connectivity index (χ4n) is 3.72. The standard InChI is InChI=1S/C19H28N2/c1-17-9-10-19(16-17)21-14-12-20(13-15-21)11-5-8-18-6-3-2-4-7-18/h2-8,17,19H,9-16H2,1H3/b8-5+/t17-,19-/m0/s1. The van der Waals surface area contributed by atoms with E-state index in [2.05, 4.69) is 59.2 Å². The molecule has 0 radical (unpaired) electrons. The Morgan fingerprint density at radius 1 is 1.05 bits per heavy atom. The highest BCUT2D eigenvalue weighted by atomic mass is 15.3. The molecule has 1 aromatic rings. The first-order valence-corrected chi connectivity index (χ1v) is 8.49. The van der Waals surface area contributed by atoms with Crippen molar-refractivity contribution in [3.05, 3.63) is 42.0 Å². The summed E-state index contributed by atoms with van der Waals surface area (Å²) in [5, 5.41) is 0. The Labute approximate surface area is 129 Å². The third kappa shape index (κ3) is 4.18. The second-order valence-electron chi connectivity index (χ2n) is 6.72. The molecule has 1 aromatic carbocycles. The van der Waals surface area contributed by atoms with E-state index in [1.807, 2.05) is 0 Å². The fourth-order valence-corrected chi connectivity index (χ4v) is 3.72. The van der Waals surface area contributed by atoms with E-state index in [0.717, 1.165) is 18.5 Å². The number of piperazine rings is 1. The number of rotatable bonds is 4. The summed E-state index contributed by atoms with van der Waals surface area (Å²) in [6, 6.07) is 11.5. The third-order valence-electron chi connectivity index (χ3n) is 5.06. The van der Waals surface area contributed by atoms with Crippen molar-refractivity contribution >= 4 is 6.08 Å². The normalized spacial score (nSPS) is 28.4. The second-order valence-corrected chi connectivity index (χ2v) is 6.72. The van der Waals surface area contributed by atoms with Crippen LogP contribution in [0, 0.1) is 5.92 Å². The smallest absolute Gasteiger partial charge is 0.0167 e. The highest BCUT2D eigenvalue weighted by molar-refractivity contribution is 5.48. The van der Waals surface area contributed by atoms with E-state index in [-0.39, 0.29) is 0 Å². The highest BCUT2D eigenvalue weighted by Crippen LogP contribution is 2.29. The Balaban J connectivity index is 1.41. The maximum Gasteiger partial charge on any atom is 0.0167 e. The van der Waals surface area contributed by atoms with Gasteiger partial charge in [-0.3, -0.25) is 9.80 Å². The van der Waals surface area contributed by atoms with E-state index in [0.29, 0.717) is 0 Å². The van der Waals surface area contributed by atoms with Crippen molar-refractivity contribution in [2.24, 2.45) is 5.92 Å². The summed E-state index contributed by atoms with van der Waals surface area (Å²) < 4.78 is 0. The Bertz CT molecular complexity index is 446. The molecule has 0 unspecified atom stereocenters. The summed E-state index contributed by atoms with van der Waals surface area (Å²) in [5.41, 5.74) is 1.30. The molecule has 0 spiro atoms. The van der Waals surface area contributed by atoms with Gasteiger partial charge in [-0.05, 0) is 30.7 Å². The molecule has 3 rings (SSSR count). The van der Waals surface area contributed by atoms with Crippen LogP contribution in [0.3, 0.4) is 0 Å². The molecule has 1 aliphatic carbocycles. The van der Waals surface area contributed by atoms with E-state index in [1.54, 1.807) is 0 Å². The van der Waals surface area contributed by atoms with Crippen molar-refractivity contribution in [1.82, 2.24) is 9.80 Å². The molecule has 0 amide bonds. The molecule has 1 aliphatic heterocycles. The van der Waals surface area contributed by atoms with Gasteiger partial charge in [0.25, 0.3) is 0 Å². The monoisotopic (exact) mass is 284 g/mol. The molecule has 1 saturated heterocycles. The minimum Gasteiger partial charge on any atom is -0.298 e. The van der Waals surface area contributed by atoms with Gasteiger partial charge < -0.3 is 0 Å². The lowest BCUT2D eigenvalue weighted by atomic mass is 10.1. The van der Waals surface area contributed by atoms with Gasteiger partial charge in [-0.25, -0.2) is 0 Å². The van der Waals surface area contributed by atoms with Crippen LogP contribution < -0.4 is 0 Å². The van der Waals surface area contributed by atoms with Gasteiger partial charge in [-0.15, -0.1) is 0 Å². The molecule has 21 heavy (non-hydrogen) atoms. The SMILES string of the molecule is C[C@H]1CC[C@H](N2CCN(C/C=C/c3ccccc3)CC2)C1. The largest absolute Gasteiger partial charge is 0.298 e. The summed E-state index contributed by atoms with van der Waals surface area (Å²) in [4.78, 5) is 5.31. The number of hydrogen-bond donors (Lipinski definition) is 0. The van der Waals surface area contributed by atoms with Gasteiger partial charge in [0.2, 0.25) is 0 Å². The zero-order valence-electron chi connectivity index (χ0n) is 13.2. The van der Waals surface area contributed by atoms with Crippen LogP contribution in [-0.2, 0) is 0 Å². The summed E-state index contributed by atoms with van der Waals surface area (Å²) in [6.45, 7) is 8.47. The van der Waals surface area contributed by atoms with Crippen molar-refractivity contribution in [2.45, 2.75) is 32.2 Å². The average molecular weight is 284 g/mol. The third-order valence-corrected chi connectivity index (χ3v) is 5.06. The summed E-state index contributed by atoms with van der Waals surface area (Å²) >= 11 is 0. The molecular formula is C19H28N2. The van der Waals surface area contributed by atoms with Gasteiger partial charge in [0.1, 0.15) is 0 Å². The Hall–Kier alpha value is -1.12. The summed E-state index contributed by atoms with van der Waals surface area (Å²) in [6.07, 6.45) is 8.83. The highest BCUT2D eigenvalue weighted by Gasteiger charge is 2.28. The number of nitrogens with zero attached hydrogens (tertiary/aromatic N) is 2. The molecule has 0 bridgehead atoms. The van der Waals surface area contributed by atoms with Crippen molar-refractivity contribution in [2.75, 3.05) is 32.7 Å². The molecule has 1 heterocycles. The van der Waals surface area contributed by atoms with E-state index in [4.69, 9.17) is 0 Å². The van der Waals surface area contributed by atoms with E-state index >= 15 is 0 Å². The Morgan fingerprint density at radius 2 is 1.81 bits per heavy atom. The molecule has 2 nitrogen and oxygen atoms in total. The van der Waals surface area contributed by atoms with E-state index in [1.165, 1.54) is 51.0 Å². The van der Waals surface area contributed by atoms with Crippen LogP contribution in [0.2, 0.25) is 0 Å². The topological polar surface area (TPSA) is 6.48 Å². The Morgan fingerprint density at radius 3 is 2.48 bits per heavy atom. The lowest BCUT2D eigenvalue weighted by Gasteiger charge is -2.37. The van der Waals surface area contributed by atoms with Crippen molar-refractivity contribution in [3.8, 4) is 0 Å². The molecule has 114 valence electrons. The average Bonchev–Trinajstić information content (AvgIpc) is 2.96. The minimum absolute atomic E-state index is 0.877. The second kappa shape index (κ2) is 7.24. The van der Waals surface area contributed by atoms with Crippen molar-refractivity contribution in [1.29, 1.82) is 0 Å². The molecule has 0 N–H and O–H groups in total. The van der Waals surface area contributed by atoms with Crippen LogP contribution in [0.4, 0.5) is 0 Å². The maximum atomic E-state index is 2.74. The first kappa shape index (κ1) is 14.8. The lowest BCUT2D eigenvalue weighted by molar-refractivity contribution is 0.104. The lowest BCUT2D eigenvalue weighted by Crippen LogP contribution is -2.49. The maximum absolute atomic E-state index is 2.74. The molecule has 2 atom stereocenters. The van der Waals surface area contributed by atoms with Gasteiger partial charge in [0, 0.05) is 38.8 Å². The first-order chi connectivity index (χ1) is 10.3. The van der Waals surface area contributed by atoms with Crippen LogP contribution >= 0.6 is 0 Å². The minimum atomic E-state index is 0.877. The first-order valence-electron chi connectivity index (χ1n) is 8.49. The zero-order chi connectivity index (χ0) is 14.5. The molecule has 2 aliphatic rings. The van der Waals surface area contributed by atoms with Gasteiger partial charge in [-0.1, -0.05) is 49.4 Å². The molecule has 2 fully saturated rings.